The fourth-order valence-corrected chi connectivity index (χ4v) is 2.19. The van der Waals surface area contributed by atoms with Gasteiger partial charge in [0.05, 0.1) is 0 Å². The number of carbonyl (C=O) groups is 2. The summed E-state index contributed by atoms with van der Waals surface area (Å²) in [7, 11) is 0. The minimum Gasteiger partial charge on any atom is -0.326 e. The molecule has 0 aliphatic heterocycles. The number of hydrogen-bond donors (Lipinski definition) is 2. The maximum absolute atomic E-state index is 12.5. The monoisotopic (exact) mass is 333 g/mol. The lowest BCUT2D eigenvalue weighted by molar-refractivity contribution is -0.114. The number of nitrogens with one attached hydrogen (secondary N) is 2. The molecule has 3 amide bonds. The predicted molar refractivity (Wildman–Crippen MR) is 100 cm³/mol. The van der Waals surface area contributed by atoms with Gasteiger partial charge in [-0.25, -0.2) is 4.79 Å². The highest BCUT2D eigenvalue weighted by Crippen LogP contribution is 2.15. The number of amides is 3. The number of hydrogen-bond acceptors (Lipinski definition) is 2. The van der Waals surface area contributed by atoms with Gasteiger partial charge >= 0.3 is 6.03 Å². The van der Waals surface area contributed by atoms with Crippen LogP contribution in [0.3, 0.4) is 0 Å². The van der Waals surface area contributed by atoms with Crippen molar-refractivity contribution >= 4 is 23.3 Å². The molecule has 0 spiro atoms. The van der Waals surface area contributed by atoms with Crippen molar-refractivity contribution in [3.05, 3.63) is 24.3 Å². The second-order valence-corrected chi connectivity index (χ2v) is 7.04. The molecule has 0 atom stereocenters. The molecule has 5 nitrogen and oxygen atoms in total. The molecule has 134 valence electrons. The molecule has 0 heterocycles. The smallest absolute Gasteiger partial charge is 0.321 e. The van der Waals surface area contributed by atoms with E-state index in [0.717, 1.165) is 37.3 Å². The first kappa shape index (κ1) is 20.0. The molecule has 0 aliphatic carbocycles. The Morgan fingerprint density at radius 2 is 1.29 bits per heavy atom. The second-order valence-electron chi connectivity index (χ2n) is 7.04. The average molecular weight is 333 g/mol. The largest absolute Gasteiger partial charge is 0.326 e. The van der Waals surface area contributed by atoms with Gasteiger partial charge < -0.3 is 15.5 Å². The van der Waals surface area contributed by atoms with Crippen molar-refractivity contribution in [2.45, 2.75) is 47.5 Å². The van der Waals surface area contributed by atoms with Crippen molar-refractivity contribution in [3.63, 3.8) is 0 Å². The highest BCUT2D eigenvalue weighted by molar-refractivity contribution is 5.91. The summed E-state index contributed by atoms with van der Waals surface area (Å²) in [5.74, 6) is 1.02. The van der Waals surface area contributed by atoms with Gasteiger partial charge in [0.2, 0.25) is 5.91 Å². The van der Waals surface area contributed by atoms with Crippen LogP contribution in [-0.4, -0.2) is 29.9 Å². The summed E-state index contributed by atoms with van der Waals surface area (Å²) in [6.45, 7) is 11.7. The molecule has 5 heteroatoms. The number of carbonyl (C=O) groups excluding carboxylic acids is 2. The molecule has 2 N–H and O–H groups in total. The van der Waals surface area contributed by atoms with E-state index in [1.165, 1.54) is 6.92 Å². The van der Waals surface area contributed by atoms with Crippen LogP contribution in [0.1, 0.15) is 47.5 Å². The molecule has 0 aliphatic rings. The van der Waals surface area contributed by atoms with Gasteiger partial charge in [-0.15, -0.1) is 0 Å². The van der Waals surface area contributed by atoms with Crippen LogP contribution >= 0.6 is 0 Å². The molecule has 0 bridgehead atoms. The fraction of sp³-hybridized carbons (Fsp3) is 0.579. The summed E-state index contributed by atoms with van der Waals surface area (Å²) < 4.78 is 0. The van der Waals surface area contributed by atoms with Crippen LogP contribution < -0.4 is 10.6 Å². The summed E-state index contributed by atoms with van der Waals surface area (Å²) in [5.41, 5.74) is 1.45. The van der Waals surface area contributed by atoms with E-state index in [2.05, 4.69) is 38.3 Å². The van der Waals surface area contributed by atoms with E-state index >= 15 is 0 Å². The van der Waals surface area contributed by atoms with E-state index in [9.17, 15) is 9.59 Å². The number of benzene rings is 1. The zero-order valence-corrected chi connectivity index (χ0v) is 15.6. The number of nitrogens with zero attached hydrogens (tertiary/aromatic N) is 1. The first-order valence-electron chi connectivity index (χ1n) is 8.71. The third-order valence-electron chi connectivity index (χ3n) is 3.70. The zero-order valence-electron chi connectivity index (χ0n) is 15.6. The zero-order chi connectivity index (χ0) is 18.1. The minimum atomic E-state index is -0.111. The fourth-order valence-electron chi connectivity index (χ4n) is 2.19. The lowest BCUT2D eigenvalue weighted by atomic mass is 10.1. The van der Waals surface area contributed by atoms with E-state index in [1.54, 1.807) is 24.3 Å². The van der Waals surface area contributed by atoms with E-state index in [0.29, 0.717) is 11.8 Å². The Morgan fingerprint density at radius 1 is 0.875 bits per heavy atom. The van der Waals surface area contributed by atoms with Crippen molar-refractivity contribution in [1.29, 1.82) is 0 Å². The van der Waals surface area contributed by atoms with Gasteiger partial charge in [-0.3, -0.25) is 4.79 Å². The number of urea groups is 1. The number of anilines is 2. The van der Waals surface area contributed by atoms with Gasteiger partial charge in [-0.1, -0.05) is 27.7 Å². The van der Waals surface area contributed by atoms with E-state index < -0.39 is 0 Å². The molecule has 0 aromatic heterocycles. The van der Waals surface area contributed by atoms with Crippen molar-refractivity contribution in [2.24, 2.45) is 11.8 Å². The summed E-state index contributed by atoms with van der Waals surface area (Å²) in [6.07, 6.45) is 1.99. The quantitative estimate of drug-likeness (QED) is 0.732. The summed E-state index contributed by atoms with van der Waals surface area (Å²) in [5, 5.41) is 5.66. The molecule has 0 unspecified atom stereocenters. The normalized spacial score (nSPS) is 10.8. The molecule has 24 heavy (non-hydrogen) atoms. The summed E-state index contributed by atoms with van der Waals surface area (Å²) in [6, 6.07) is 7.09. The first-order chi connectivity index (χ1) is 11.3. The predicted octanol–water partition coefficient (Wildman–Crippen LogP) is 4.57. The van der Waals surface area contributed by atoms with Crippen LogP contribution in [0.2, 0.25) is 0 Å². The van der Waals surface area contributed by atoms with Crippen LogP contribution in [-0.2, 0) is 4.79 Å². The van der Waals surface area contributed by atoms with Gasteiger partial charge in [-0.2, -0.15) is 0 Å². The molecular formula is C19H31N3O2. The molecule has 1 rings (SSSR count). The van der Waals surface area contributed by atoms with Crippen molar-refractivity contribution < 1.29 is 9.59 Å². The first-order valence-corrected chi connectivity index (χ1v) is 8.71. The Bertz CT molecular complexity index is 512. The molecule has 1 aromatic rings. The standard InChI is InChI=1S/C19H31N3O2/c1-14(2)10-12-22(13-11-15(3)4)19(24)21-18-8-6-17(7-9-18)20-16(5)23/h6-9,14-15H,10-13H2,1-5H3,(H,20,23)(H,21,24). The SMILES string of the molecule is CC(=O)Nc1ccc(NC(=O)N(CCC(C)C)CCC(C)C)cc1. The Hall–Kier alpha value is -2.04. The van der Waals surface area contributed by atoms with Crippen LogP contribution in [0.5, 0.6) is 0 Å². The van der Waals surface area contributed by atoms with E-state index in [1.807, 2.05) is 4.90 Å². The molecule has 0 radical (unpaired) electrons. The molecular weight excluding hydrogens is 302 g/mol. The summed E-state index contributed by atoms with van der Waals surface area (Å²) in [4.78, 5) is 25.5. The average Bonchev–Trinajstić information content (AvgIpc) is 2.48. The topological polar surface area (TPSA) is 61.4 Å². The van der Waals surface area contributed by atoms with Gasteiger partial charge in [-0.05, 0) is 48.9 Å². The second kappa shape index (κ2) is 9.96. The summed E-state index contributed by atoms with van der Waals surface area (Å²) >= 11 is 0. The van der Waals surface area contributed by atoms with Crippen molar-refractivity contribution in [3.8, 4) is 0 Å². The maximum atomic E-state index is 12.5. The Balaban J connectivity index is 2.66. The highest BCUT2D eigenvalue weighted by Gasteiger charge is 2.14. The van der Waals surface area contributed by atoms with E-state index in [-0.39, 0.29) is 11.9 Å². The van der Waals surface area contributed by atoms with E-state index in [4.69, 9.17) is 0 Å². The lowest BCUT2D eigenvalue weighted by Gasteiger charge is -2.25. The molecule has 1 aromatic carbocycles. The molecule has 0 saturated carbocycles. The Morgan fingerprint density at radius 3 is 1.67 bits per heavy atom. The van der Waals surface area contributed by atoms with Crippen LogP contribution in [0.4, 0.5) is 16.2 Å². The van der Waals surface area contributed by atoms with Gasteiger partial charge in [0.1, 0.15) is 0 Å². The van der Waals surface area contributed by atoms with Crippen LogP contribution in [0.15, 0.2) is 24.3 Å². The third kappa shape index (κ3) is 7.99. The molecule has 0 saturated heterocycles. The third-order valence-corrected chi connectivity index (χ3v) is 3.70. The minimum absolute atomic E-state index is 0.0661. The maximum Gasteiger partial charge on any atom is 0.321 e. The Labute approximate surface area is 145 Å². The molecule has 0 fully saturated rings. The number of rotatable bonds is 8. The highest BCUT2D eigenvalue weighted by atomic mass is 16.2. The van der Waals surface area contributed by atoms with Crippen LogP contribution in [0.25, 0.3) is 0 Å². The van der Waals surface area contributed by atoms with Crippen molar-refractivity contribution in [1.82, 2.24) is 4.90 Å². The van der Waals surface area contributed by atoms with Gasteiger partial charge in [0.15, 0.2) is 0 Å². The van der Waals surface area contributed by atoms with Crippen molar-refractivity contribution in [2.75, 3.05) is 23.7 Å². The van der Waals surface area contributed by atoms with Gasteiger partial charge in [0.25, 0.3) is 0 Å². The van der Waals surface area contributed by atoms with Crippen LogP contribution in [0, 0.1) is 11.8 Å². The van der Waals surface area contributed by atoms with Gasteiger partial charge in [0, 0.05) is 31.4 Å². The Kier molecular flexibility index (Phi) is 8.30. The lowest BCUT2D eigenvalue weighted by Crippen LogP contribution is -2.37.